The van der Waals surface area contributed by atoms with Crippen LogP contribution in [0.3, 0.4) is 0 Å². The lowest BCUT2D eigenvalue weighted by molar-refractivity contribution is 1.31. The lowest BCUT2D eigenvalue weighted by Gasteiger charge is -2.29. The molecule has 0 aliphatic carbocycles. The fourth-order valence-corrected chi connectivity index (χ4v) is 11.4. The molecule has 0 aliphatic heterocycles. The zero-order valence-corrected chi connectivity index (χ0v) is 41.1. The first kappa shape index (κ1) is 44.2. The van der Waals surface area contributed by atoms with E-state index in [1.807, 2.05) is 0 Å². The lowest BCUT2D eigenvalue weighted by atomic mass is 9.86. The third-order valence-electron chi connectivity index (χ3n) is 14.5. The van der Waals surface area contributed by atoms with E-state index in [4.69, 9.17) is 0 Å². The van der Waals surface area contributed by atoms with Crippen LogP contribution < -0.4 is 9.80 Å². The highest BCUT2D eigenvalue weighted by atomic mass is 15.2. The minimum absolute atomic E-state index is 1.13. The summed E-state index contributed by atoms with van der Waals surface area (Å²) in [5.41, 5.74) is 19.3. The van der Waals surface area contributed by atoms with Crippen molar-refractivity contribution in [1.82, 2.24) is 0 Å². The molecule has 72 heavy (non-hydrogen) atoms. The number of aryl methyl sites for hydroxylation is 4. The van der Waals surface area contributed by atoms with Gasteiger partial charge in [-0.1, -0.05) is 206 Å². The summed E-state index contributed by atoms with van der Waals surface area (Å²) in [5, 5.41) is 9.79. The summed E-state index contributed by atoms with van der Waals surface area (Å²) in [6.45, 7) is 9.06. The first-order valence-corrected chi connectivity index (χ1v) is 25.0. The van der Waals surface area contributed by atoms with Crippen molar-refractivity contribution in [2.75, 3.05) is 9.80 Å². The van der Waals surface area contributed by atoms with Crippen LogP contribution in [0.1, 0.15) is 33.4 Å². The monoisotopic (exact) mass is 922 g/mol. The number of fused-ring (bicyclic) bond motifs is 4. The van der Waals surface area contributed by atoms with Crippen LogP contribution in [0.25, 0.3) is 77.5 Å². The summed E-state index contributed by atoms with van der Waals surface area (Å²) >= 11 is 0. The Kier molecular flexibility index (Phi) is 11.5. The van der Waals surface area contributed by atoms with Crippen molar-refractivity contribution in [1.29, 1.82) is 0 Å². The first-order chi connectivity index (χ1) is 35.4. The summed E-state index contributed by atoms with van der Waals surface area (Å²) in [4.78, 5) is 4.84. The molecule has 0 unspecified atom stereocenters. The van der Waals surface area contributed by atoms with Crippen LogP contribution in [0.15, 0.2) is 243 Å². The highest BCUT2D eigenvalue weighted by Crippen LogP contribution is 2.50. The zero-order valence-electron chi connectivity index (χ0n) is 41.1. The molecule has 2 heteroatoms. The van der Waals surface area contributed by atoms with Crippen LogP contribution in [0, 0.1) is 27.7 Å². The van der Waals surface area contributed by atoms with E-state index < -0.39 is 0 Å². The van der Waals surface area contributed by atoms with Crippen LogP contribution in [0.2, 0.25) is 0 Å². The van der Waals surface area contributed by atoms with Gasteiger partial charge in [0.1, 0.15) is 0 Å². The average Bonchev–Trinajstić information content (AvgIpc) is 3.42. The molecule has 12 rings (SSSR count). The van der Waals surface area contributed by atoms with Crippen molar-refractivity contribution >= 4 is 89.4 Å². The van der Waals surface area contributed by atoms with Crippen LogP contribution in [0.5, 0.6) is 0 Å². The molecule has 0 aromatic heterocycles. The molecule has 0 bridgehead atoms. The van der Waals surface area contributed by atoms with Crippen LogP contribution in [-0.2, 0) is 0 Å². The molecule has 2 nitrogen and oxygen atoms in total. The van der Waals surface area contributed by atoms with Crippen LogP contribution >= 0.6 is 0 Å². The molecular formula is C70H54N2. The summed E-state index contributed by atoms with van der Waals surface area (Å²) < 4.78 is 0. The van der Waals surface area contributed by atoms with E-state index in [-0.39, 0.29) is 0 Å². The summed E-state index contributed by atoms with van der Waals surface area (Å²) in [6, 6.07) is 88.3. The molecule has 0 atom stereocenters. The summed E-state index contributed by atoms with van der Waals surface area (Å²) in [7, 11) is 0. The molecule has 0 saturated heterocycles. The molecule has 0 amide bonds. The molecule has 0 N–H and O–H groups in total. The van der Waals surface area contributed by atoms with E-state index >= 15 is 0 Å². The fourth-order valence-electron chi connectivity index (χ4n) is 11.4. The second-order valence-corrected chi connectivity index (χ2v) is 19.0. The Morgan fingerprint density at radius 1 is 0.250 bits per heavy atom. The Morgan fingerprint density at radius 2 is 0.458 bits per heavy atom. The number of rotatable bonds is 10. The van der Waals surface area contributed by atoms with Gasteiger partial charge in [-0.05, 0) is 153 Å². The Hall–Kier alpha value is -8.98. The SMILES string of the molecule is Cc1cc(-c2c3ccccc3c(N(c3ccccc3)c3ccccc3)c3ccccc23)cc(C)c1C=Cc1c(C)cc(-c2c3ccccc3c(N(c3ccccc3)c3ccccc3)c3ccccc23)cc1C. The minimum Gasteiger partial charge on any atom is -0.309 e. The molecular weight excluding hydrogens is 869 g/mol. The van der Waals surface area contributed by atoms with Crippen molar-refractivity contribution in [3.05, 3.63) is 276 Å². The van der Waals surface area contributed by atoms with Gasteiger partial charge in [0.05, 0.1) is 11.4 Å². The molecule has 12 aromatic rings. The number of hydrogen-bond acceptors (Lipinski definition) is 2. The van der Waals surface area contributed by atoms with Gasteiger partial charge in [-0.3, -0.25) is 0 Å². The van der Waals surface area contributed by atoms with Crippen LogP contribution in [-0.4, -0.2) is 0 Å². The maximum Gasteiger partial charge on any atom is 0.0618 e. The predicted octanol–water partition coefficient (Wildman–Crippen LogP) is 20.0. The third kappa shape index (κ3) is 7.79. The first-order valence-electron chi connectivity index (χ1n) is 25.0. The number of hydrogen-bond donors (Lipinski definition) is 0. The van der Waals surface area contributed by atoms with Gasteiger partial charge in [-0.2, -0.15) is 0 Å². The Labute approximate surface area is 423 Å². The van der Waals surface area contributed by atoms with E-state index in [0.717, 1.165) is 22.7 Å². The number of anilines is 6. The van der Waals surface area contributed by atoms with Gasteiger partial charge in [0, 0.05) is 44.3 Å². The topological polar surface area (TPSA) is 6.48 Å². The maximum absolute atomic E-state index is 2.42. The van der Waals surface area contributed by atoms with E-state index in [2.05, 4.69) is 292 Å². The minimum atomic E-state index is 1.13. The Bertz CT molecular complexity index is 3500. The highest BCUT2D eigenvalue weighted by molar-refractivity contribution is 6.24. The Morgan fingerprint density at radius 3 is 0.694 bits per heavy atom. The van der Waals surface area contributed by atoms with Gasteiger partial charge in [0.15, 0.2) is 0 Å². The molecule has 0 saturated carbocycles. The molecule has 0 fully saturated rings. The second-order valence-electron chi connectivity index (χ2n) is 19.0. The van der Waals surface area contributed by atoms with Crippen molar-refractivity contribution in [3.63, 3.8) is 0 Å². The highest BCUT2D eigenvalue weighted by Gasteiger charge is 2.24. The van der Waals surface area contributed by atoms with Crippen LogP contribution in [0.4, 0.5) is 34.1 Å². The van der Waals surface area contributed by atoms with Gasteiger partial charge in [-0.15, -0.1) is 0 Å². The van der Waals surface area contributed by atoms with E-state index in [1.165, 1.54) is 110 Å². The smallest absolute Gasteiger partial charge is 0.0618 e. The summed E-state index contributed by atoms with van der Waals surface area (Å²) in [6.07, 6.45) is 4.67. The quantitative estimate of drug-likeness (QED) is 0.0996. The molecule has 0 heterocycles. The summed E-state index contributed by atoms with van der Waals surface area (Å²) in [5.74, 6) is 0. The molecule has 344 valence electrons. The number of benzene rings is 12. The van der Waals surface area contributed by atoms with Gasteiger partial charge in [0.25, 0.3) is 0 Å². The standard InChI is InChI=1S/C70H54N2/c1-47-43-51(67-59-33-17-21-37-63(59)69(64-38-22-18-34-60(64)67)71(53-25-9-5-10-26-53)54-27-11-6-12-28-54)44-48(2)57(47)41-42-58-49(3)45-52(46-50(58)4)68-61-35-19-23-39-65(61)70(66-40-24-20-36-62(66)68)72(55-29-13-7-14-30-55)56-31-15-8-16-32-56/h5-46H,1-4H3. The fraction of sp³-hybridized carbons (Fsp3) is 0.0571. The van der Waals surface area contributed by atoms with Crippen molar-refractivity contribution in [2.24, 2.45) is 0 Å². The number of nitrogens with zero attached hydrogens (tertiary/aromatic N) is 2. The largest absolute Gasteiger partial charge is 0.309 e. The van der Waals surface area contributed by atoms with Gasteiger partial charge in [0.2, 0.25) is 0 Å². The predicted molar refractivity (Wildman–Crippen MR) is 311 cm³/mol. The van der Waals surface area contributed by atoms with E-state index in [9.17, 15) is 0 Å². The van der Waals surface area contributed by atoms with Crippen molar-refractivity contribution in [3.8, 4) is 22.3 Å². The van der Waals surface area contributed by atoms with Gasteiger partial charge < -0.3 is 9.80 Å². The maximum atomic E-state index is 2.42. The molecule has 12 aromatic carbocycles. The third-order valence-corrected chi connectivity index (χ3v) is 14.5. The van der Waals surface area contributed by atoms with Gasteiger partial charge >= 0.3 is 0 Å². The van der Waals surface area contributed by atoms with Crippen molar-refractivity contribution < 1.29 is 0 Å². The van der Waals surface area contributed by atoms with Crippen molar-refractivity contribution in [2.45, 2.75) is 27.7 Å². The number of para-hydroxylation sites is 4. The molecule has 0 spiro atoms. The molecule has 0 aliphatic rings. The lowest BCUT2D eigenvalue weighted by Crippen LogP contribution is -2.11. The molecule has 0 radical (unpaired) electrons. The Balaban J connectivity index is 0.949. The zero-order chi connectivity index (χ0) is 48.7. The second kappa shape index (κ2) is 18.7. The normalized spacial score (nSPS) is 11.6. The van der Waals surface area contributed by atoms with E-state index in [0.29, 0.717) is 0 Å². The van der Waals surface area contributed by atoms with E-state index in [1.54, 1.807) is 0 Å². The average molecular weight is 923 g/mol. The van der Waals surface area contributed by atoms with Gasteiger partial charge in [-0.25, -0.2) is 0 Å².